The van der Waals surface area contributed by atoms with Gasteiger partial charge < -0.3 is 20.9 Å². The number of hydrogen-bond acceptors (Lipinski definition) is 2. The maximum Gasteiger partial charge on any atom is 0.312 e. The molecule has 0 unspecified atom stereocenters. The molecule has 3 rings (SSSR count). The van der Waals surface area contributed by atoms with E-state index in [9.17, 15) is 9.59 Å². The highest BCUT2D eigenvalue weighted by molar-refractivity contribution is 5.89. The summed E-state index contributed by atoms with van der Waals surface area (Å²) >= 11 is 0. The summed E-state index contributed by atoms with van der Waals surface area (Å²) in [5, 5.41) is 3.71. The molecule has 0 aliphatic carbocycles. The molecule has 0 saturated carbocycles. The first kappa shape index (κ1) is 17.3. The summed E-state index contributed by atoms with van der Waals surface area (Å²) in [5.41, 5.74) is 7.35. The summed E-state index contributed by atoms with van der Waals surface area (Å²) in [6.07, 6.45) is 3.44. The molecule has 1 aromatic carbocycles. The molecule has 3 atom stereocenters. The summed E-state index contributed by atoms with van der Waals surface area (Å²) in [6.45, 7) is 5.78. The Morgan fingerprint density at radius 2 is 1.96 bits per heavy atom. The summed E-state index contributed by atoms with van der Waals surface area (Å²) < 4.78 is 0. The Hall–Kier alpha value is -2.50. The smallest absolute Gasteiger partial charge is 0.312 e. The van der Waals surface area contributed by atoms with Crippen molar-refractivity contribution < 1.29 is 9.59 Å². The molecule has 2 heterocycles. The van der Waals surface area contributed by atoms with Gasteiger partial charge in [0.1, 0.15) is 6.04 Å². The Morgan fingerprint density at radius 1 is 1.28 bits per heavy atom. The summed E-state index contributed by atoms with van der Waals surface area (Å²) in [6, 6.07) is 6.61. The van der Waals surface area contributed by atoms with Crippen molar-refractivity contribution in [1.29, 1.82) is 0 Å². The molecule has 1 fully saturated rings. The highest BCUT2D eigenvalue weighted by Gasteiger charge is 2.31. The lowest BCUT2D eigenvalue weighted by molar-refractivity contribution is -0.135. The number of aromatic nitrogens is 1. The van der Waals surface area contributed by atoms with E-state index in [2.05, 4.69) is 24.1 Å². The van der Waals surface area contributed by atoms with Crippen LogP contribution in [0.1, 0.15) is 25.8 Å². The van der Waals surface area contributed by atoms with Gasteiger partial charge >= 0.3 is 6.03 Å². The lowest BCUT2D eigenvalue weighted by Crippen LogP contribution is -2.54. The number of H-pyrrole nitrogens is 1. The van der Waals surface area contributed by atoms with Gasteiger partial charge in [0.2, 0.25) is 5.91 Å². The predicted octanol–water partition coefficient (Wildman–Crippen LogP) is 2.25. The normalized spacial score (nSPS) is 21.9. The van der Waals surface area contributed by atoms with Crippen molar-refractivity contribution in [1.82, 2.24) is 15.2 Å². The monoisotopic (exact) mass is 342 g/mol. The molecule has 0 bridgehead atoms. The van der Waals surface area contributed by atoms with E-state index in [1.54, 1.807) is 0 Å². The van der Waals surface area contributed by atoms with E-state index in [1.807, 2.05) is 35.4 Å². The van der Waals surface area contributed by atoms with Crippen molar-refractivity contribution in [2.45, 2.75) is 32.7 Å². The van der Waals surface area contributed by atoms with Crippen molar-refractivity contribution >= 4 is 22.8 Å². The summed E-state index contributed by atoms with van der Waals surface area (Å²) in [7, 11) is 0. The fourth-order valence-corrected chi connectivity index (χ4v) is 3.96. The third kappa shape index (κ3) is 3.95. The number of aromatic amines is 1. The Morgan fingerprint density at radius 3 is 2.64 bits per heavy atom. The van der Waals surface area contributed by atoms with Gasteiger partial charge in [-0.05, 0) is 29.9 Å². The van der Waals surface area contributed by atoms with Crippen LogP contribution in [-0.4, -0.2) is 41.0 Å². The minimum Gasteiger partial charge on any atom is -0.361 e. The van der Waals surface area contributed by atoms with Gasteiger partial charge in [0.05, 0.1) is 0 Å². The van der Waals surface area contributed by atoms with Gasteiger partial charge in [0.15, 0.2) is 0 Å². The molecule has 3 amide bonds. The van der Waals surface area contributed by atoms with E-state index in [1.165, 1.54) is 0 Å². The number of para-hydroxylation sites is 1. The highest BCUT2D eigenvalue weighted by Crippen LogP contribution is 2.23. The number of nitrogens with one attached hydrogen (secondary N) is 2. The van der Waals surface area contributed by atoms with Gasteiger partial charge in [-0.3, -0.25) is 4.79 Å². The largest absolute Gasteiger partial charge is 0.361 e. The second-order valence-electron chi connectivity index (χ2n) is 7.31. The number of rotatable bonds is 4. The third-order valence-electron chi connectivity index (χ3n) is 4.89. The number of benzene rings is 1. The molecular weight excluding hydrogens is 316 g/mol. The first-order valence-corrected chi connectivity index (χ1v) is 8.83. The number of nitrogens with two attached hydrogens (primary N) is 1. The van der Waals surface area contributed by atoms with Gasteiger partial charge in [0, 0.05) is 36.6 Å². The molecule has 0 spiro atoms. The minimum atomic E-state index is -0.670. The Balaban J connectivity index is 1.81. The molecule has 1 saturated heterocycles. The Bertz CT molecular complexity index is 760. The SMILES string of the molecule is C[C@@H]1C[C@H](C)CN(C(=O)[C@H](Cc2c[nH]c3ccccc23)NC(N)=O)C1. The molecule has 1 aliphatic rings. The molecule has 134 valence electrons. The predicted molar refractivity (Wildman–Crippen MR) is 98.0 cm³/mol. The zero-order valence-corrected chi connectivity index (χ0v) is 14.8. The van der Waals surface area contributed by atoms with Crippen molar-refractivity contribution in [2.75, 3.05) is 13.1 Å². The van der Waals surface area contributed by atoms with Gasteiger partial charge in [-0.25, -0.2) is 4.79 Å². The first-order valence-electron chi connectivity index (χ1n) is 8.83. The van der Waals surface area contributed by atoms with E-state index in [0.717, 1.165) is 36.0 Å². The fourth-order valence-electron chi connectivity index (χ4n) is 3.96. The van der Waals surface area contributed by atoms with E-state index in [-0.39, 0.29) is 5.91 Å². The third-order valence-corrected chi connectivity index (χ3v) is 4.89. The van der Waals surface area contributed by atoms with Crippen LogP contribution >= 0.6 is 0 Å². The number of hydrogen-bond donors (Lipinski definition) is 3. The van der Waals surface area contributed by atoms with Crippen molar-refractivity contribution in [2.24, 2.45) is 17.6 Å². The standard InChI is InChI=1S/C19H26N4O2/c1-12-7-13(2)11-23(10-12)18(24)17(22-19(20)25)8-14-9-21-16-6-4-3-5-15(14)16/h3-6,9,12-13,17,21H,7-8,10-11H2,1-2H3,(H3,20,22,25)/t12-,13+,17-/m0/s1. The molecule has 25 heavy (non-hydrogen) atoms. The van der Waals surface area contributed by atoms with Crippen LogP contribution in [0.5, 0.6) is 0 Å². The minimum absolute atomic E-state index is 0.0533. The topological polar surface area (TPSA) is 91.2 Å². The second-order valence-corrected chi connectivity index (χ2v) is 7.31. The van der Waals surface area contributed by atoms with Crippen molar-refractivity contribution in [3.05, 3.63) is 36.0 Å². The number of piperidine rings is 1. The van der Waals surface area contributed by atoms with E-state index in [0.29, 0.717) is 18.3 Å². The maximum atomic E-state index is 13.0. The van der Waals surface area contributed by atoms with Gasteiger partial charge in [-0.15, -0.1) is 0 Å². The zero-order chi connectivity index (χ0) is 18.0. The quantitative estimate of drug-likeness (QED) is 0.795. The molecule has 0 radical (unpaired) electrons. The lowest BCUT2D eigenvalue weighted by Gasteiger charge is -2.37. The van der Waals surface area contributed by atoms with Crippen LogP contribution in [0.4, 0.5) is 4.79 Å². The molecule has 6 nitrogen and oxygen atoms in total. The fraction of sp³-hybridized carbons (Fsp3) is 0.474. The number of carbonyl (C=O) groups is 2. The number of carbonyl (C=O) groups excluding carboxylic acids is 2. The zero-order valence-electron chi connectivity index (χ0n) is 14.8. The van der Waals surface area contributed by atoms with Gasteiger partial charge in [-0.2, -0.15) is 0 Å². The number of amides is 3. The average molecular weight is 342 g/mol. The Kier molecular flexibility index (Phi) is 4.97. The van der Waals surface area contributed by atoms with Gasteiger partial charge in [-0.1, -0.05) is 32.0 Å². The van der Waals surface area contributed by atoms with E-state index < -0.39 is 12.1 Å². The van der Waals surface area contributed by atoms with Crippen molar-refractivity contribution in [3.8, 4) is 0 Å². The molecule has 6 heteroatoms. The average Bonchev–Trinajstić information content (AvgIpc) is 2.95. The molecule has 1 aliphatic heterocycles. The molecule has 2 aromatic rings. The van der Waals surface area contributed by atoms with Crippen LogP contribution in [0.25, 0.3) is 10.9 Å². The number of urea groups is 1. The van der Waals surface area contributed by atoms with E-state index in [4.69, 9.17) is 5.73 Å². The molecular formula is C19H26N4O2. The van der Waals surface area contributed by atoms with E-state index >= 15 is 0 Å². The summed E-state index contributed by atoms with van der Waals surface area (Å²) in [5.74, 6) is 0.882. The molecule has 4 N–H and O–H groups in total. The van der Waals surface area contributed by atoms with Crippen LogP contribution < -0.4 is 11.1 Å². The van der Waals surface area contributed by atoms with Crippen LogP contribution in [0.15, 0.2) is 30.5 Å². The molecule has 1 aromatic heterocycles. The number of primary amides is 1. The van der Waals surface area contributed by atoms with Gasteiger partial charge in [0.25, 0.3) is 0 Å². The first-order chi connectivity index (χ1) is 11.9. The van der Waals surface area contributed by atoms with Crippen LogP contribution in [0.2, 0.25) is 0 Å². The second kappa shape index (κ2) is 7.17. The number of fused-ring (bicyclic) bond motifs is 1. The number of likely N-dealkylation sites (tertiary alicyclic amines) is 1. The van der Waals surface area contributed by atoms with Crippen LogP contribution in [-0.2, 0) is 11.2 Å². The van der Waals surface area contributed by atoms with Crippen molar-refractivity contribution in [3.63, 3.8) is 0 Å². The maximum absolute atomic E-state index is 13.0. The van der Waals surface area contributed by atoms with Crippen LogP contribution in [0.3, 0.4) is 0 Å². The Labute approximate surface area is 147 Å². The van der Waals surface area contributed by atoms with Crippen LogP contribution in [0, 0.1) is 11.8 Å². The summed E-state index contributed by atoms with van der Waals surface area (Å²) in [4.78, 5) is 29.6. The number of nitrogens with zero attached hydrogens (tertiary/aromatic N) is 1. The highest BCUT2D eigenvalue weighted by atomic mass is 16.2. The lowest BCUT2D eigenvalue weighted by atomic mass is 9.91.